The number of rotatable bonds is 7. The second-order valence-electron chi connectivity index (χ2n) is 5.91. The summed E-state index contributed by atoms with van der Waals surface area (Å²) in [6.07, 6.45) is 2.64. The van der Waals surface area contributed by atoms with Gasteiger partial charge < -0.3 is 9.64 Å². The molecule has 1 fully saturated rings. The fourth-order valence-electron chi connectivity index (χ4n) is 2.71. The summed E-state index contributed by atoms with van der Waals surface area (Å²) in [7, 11) is 1.61. The molecular weight excluding hydrogens is 292 g/mol. The Bertz CT molecular complexity index is 520. The molecule has 0 saturated carbocycles. The number of amides is 1. The van der Waals surface area contributed by atoms with Crippen molar-refractivity contribution in [3.05, 3.63) is 29.8 Å². The first kappa shape index (κ1) is 17.5. The van der Waals surface area contributed by atoms with Crippen molar-refractivity contribution in [2.45, 2.75) is 26.2 Å². The molecule has 23 heavy (non-hydrogen) atoms. The molecule has 1 heterocycles. The van der Waals surface area contributed by atoms with E-state index in [1.54, 1.807) is 31.4 Å². The van der Waals surface area contributed by atoms with Gasteiger partial charge in [-0.15, -0.1) is 0 Å². The average molecular weight is 318 g/mol. The largest absolute Gasteiger partial charge is 0.497 e. The third kappa shape index (κ3) is 5.06. The number of hydrogen-bond donors (Lipinski definition) is 0. The van der Waals surface area contributed by atoms with E-state index in [2.05, 4.69) is 11.8 Å². The minimum absolute atomic E-state index is 0.110. The number of ketones is 1. The van der Waals surface area contributed by atoms with Gasteiger partial charge in [-0.25, -0.2) is 0 Å². The minimum atomic E-state index is 0.110. The Morgan fingerprint density at radius 2 is 1.74 bits per heavy atom. The Labute approximate surface area is 138 Å². The average Bonchev–Trinajstić information content (AvgIpc) is 2.60. The lowest BCUT2D eigenvalue weighted by Crippen LogP contribution is -2.49. The highest BCUT2D eigenvalue weighted by molar-refractivity contribution is 5.97. The lowest BCUT2D eigenvalue weighted by Gasteiger charge is -2.34. The number of benzene rings is 1. The maximum atomic E-state index is 12.3. The summed E-state index contributed by atoms with van der Waals surface area (Å²) in [6, 6.07) is 7.20. The standard InChI is InChI=1S/C18H26N2O3/c1-3-4-5-18(22)20-12-10-19(11-13-20)14-17(21)15-6-8-16(23-2)9-7-15/h6-9H,3-5,10-14H2,1-2H3. The molecule has 1 aliphatic rings. The number of carbonyl (C=O) groups excluding carboxylic acids is 2. The van der Waals surface area contributed by atoms with E-state index in [-0.39, 0.29) is 11.7 Å². The van der Waals surface area contributed by atoms with Gasteiger partial charge in [0.05, 0.1) is 13.7 Å². The van der Waals surface area contributed by atoms with Crippen LogP contribution in [-0.4, -0.2) is 61.3 Å². The van der Waals surface area contributed by atoms with Gasteiger partial charge in [-0.3, -0.25) is 14.5 Å². The highest BCUT2D eigenvalue weighted by Gasteiger charge is 2.22. The molecule has 0 atom stereocenters. The lowest BCUT2D eigenvalue weighted by atomic mass is 10.1. The molecule has 126 valence electrons. The quantitative estimate of drug-likeness (QED) is 0.723. The first-order valence-electron chi connectivity index (χ1n) is 8.31. The molecule has 0 aromatic heterocycles. The molecule has 1 saturated heterocycles. The van der Waals surface area contributed by atoms with Crippen molar-refractivity contribution in [2.75, 3.05) is 39.8 Å². The number of unbranched alkanes of at least 4 members (excludes halogenated alkanes) is 1. The summed E-state index contributed by atoms with van der Waals surface area (Å²) in [6.45, 7) is 5.47. The number of methoxy groups -OCH3 is 1. The van der Waals surface area contributed by atoms with E-state index in [9.17, 15) is 9.59 Å². The van der Waals surface area contributed by atoms with Crippen molar-refractivity contribution in [3.63, 3.8) is 0 Å². The van der Waals surface area contributed by atoms with Crippen LogP contribution >= 0.6 is 0 Å². The van der Waals surface area contributed by atoms with Crippen molar-refractivity contribution in [3.8, 4) is 5.75 Å². The molecule has 0 aliphatic carbocycles. The van der Waals surface area contributed by atoms with Gasteiger partial charge in [0.2, 0.25) is 5.91 Å². The van der Waals surface area contributed by atoms with Crippen LogP contribution in [0.1, 0.15) is 36.5 Å². The summed E-state index contributed by atoms with van der Waals surface area (Å²) in [4.78, 5) is 28.3. The van der Waals surface area contributed by atoms with Crippen LogP contribution in [0, 0.1) is 0 Å². The number of ether oxygens (including phenoxy) is 1. The van der Waals surface area contributed by atoms with Crippen LogP contribution in [-0.2, 0) is 4.79 Å². The Balaban J connectivity index is 1.79. The van der Waals surface area contributed by atoms with Crippen LogP contribution in [0.5, 0.6) is 5.75 Å². The predicted octanol–water partition coefficient (Wildman–Crippen LogP) is 2.21. The zero-order chi connectivity index (χ0) is 16.7. The van der Waals surface area contributed by atoms with Crippen molar-refractivity contribution in [2.24, 2.45) is 0 Å². The summed E-state index contributed by atoms with van der Waals surface area (Å²) in [5.74, 6) is 1.10. The molecule has 1 aromatic rings. The first-order valence-corrected chi connectivity index (χ1v) is 8.31. The molecule has 1 amide bonds. The van der Waals surface area contributed by atoms with Gasteiger partial charge in [-0.05, 0) is 30.7 Å². The third-order valence-corrected chi connectivity index (χ3v) is 4.25. The van der Waals surface area contributed by atoms with Crippen LogP contribution in [0.25, 0.3) is 0 Å². The zero-order valence-electron chi connectivity index (χ0n) is 14.1. The third-order valence-electron chi connectivity index (χ3n) is 4.25. The molecule has 0 radical (unpaired) electrons. The van der Waals surface area contributed by atoms with E-state index >= 15 is 0 Å². The molecule has 0 N–H and O–H groups in total. The maximum Gasteiger partial charge on any atom is 0.222 e. The Hall–Kier alpha value is -1.88. The van der Waals surface area contributed by atoms with E-state index in [0.717, 1.165) is 44.8 Å². The van der Waals surface area contributed by atoms with Crippen molar-refractivity contribution in [1.82, 2.24) is 9.80 Å². The van der Waals surface area contributed by atoms with Gasteiger partial charge in [-0.1, -0.05) is 13.3 Å². The summed E-state index contributed by atoms with van der Waals surface area (Å²) >= 11 is 0. The molecule has 5 heteroatoms. The second-order valence-corrected chi connectivity index (χ2v) is 5.91. The number of hydrogen-bond acceptors (Lipinski definition) is 4. The molecule has 2 rings (SSSR count). The minimum Gasteiger partial charge on any atom is -0.497 e. The van der Waals surface area contributed by atoms with E-state index in [1.807, 2.05) is 4.90 Å². The normalized spacial score (nSPS) is 15.5. The predicted molar refractivity (Wildman–Crippen MR) is 89.9 cm³/mol. The molecule has 5 nitrogen and oxygen atoms in total. The number of piperazine rings is 1. The van der Waals surface area contributed by atoms with Crippen molar-refractivity contribution >= 4 is 11.7 Å². The molecule has 1 aromatic carbocycles. The summed E-state index contributed by atoms with van der Waals surface area (Å²) < 4.78 is 5.10. The Morgan fingerprint density at radius 1 is 1.09 bits per heavy atom. The number of Topliss-reactive ketones (excluding diaryl/α,β-unsaturated/α-hetero) is 1. The Kier molecular flexibility index (Phi) is 6.59. The van der Waals surface area contributed by atoms with Crippen LogP contribution in [0.2, 0.25) is 0 Å². The smallest absolute Gasteiger partial charge is 0.222 e. The van der Waals surface area contributed by atoms with Crippen molar-refractivity contribution < 1.29 is 14.3 Å². The van der Waals surface area contributed by atoms with Gasteiger partial charge in [0.15, 0.2) is 5.78 Å². The SMILES string of the molecule is CCCCC(=O)N1CCN(CC(=O)c2ccc(OC)cc2)CC1. The van der Waals surface area contributed by atoms with Gasteiger partial charge >= 0.3 is 0 Å². The fraction of sp³-hybridized carbons (Fsp3) is 0.556. The van der Waals surface area contributed by atoms with E-state index in [4.69, 9.17) is 4.74 Å². The molecular formula is C18H26N2O3. The van der Waals surface area contributed by atoms with Gasteiger partial charge in [-0.2, -0.15) is 0 Å². The van der Waals surface area contributed by atoms with E-state index in [0.29, 0.717) is 18.5 Å². The van der Waals surface area contributed by atoms with Crippen LogP contribution in [0.4, 0.5) is 0 Å². The molecule has 0 bridgehead atoms. The second kappa shape index (κ2) is 8.67. The highest BCUT2D eigenvalue weighted by atomic mass is 16.5. The van der Waals surface area contributed by atoms with E-state index < -0.39 is 0 Å². The molecule has 1 aliphatic heterocycles. The molecule has 0 unspecified atom stereocenters. The summed E-state index contributed by atoms with van der Waals surface area (Å²) in [5, 5.41) is 0. The summed E-state index contributed by atoms with van der Waals surface area (Å²) in [5.41, 5.74) is 0.701. The van der Waals surface area contributed by atoms with E-state index in [1.165, 1.54) is 0 Å². The lowest BCUT2D eigenvalue weighted by molar-refractivity contribution is -0.132. The van der Waals surface area contributed by atoms with Gasteiger partial charge in [0.25, 0.3) is 0 Å². The van der Waals surface area contributed by atoms with Crippen LogP contribution in [0.15, 0.2) is 24.3 Å². The van der Waals surface area contributed by atoms with Crippen LogP contribution < -0.4 is 4.74 Å². The zero-order valence-corrected chi connectivity index (χ0v) is 14.1. The Morgan fingerprint density at radius 3 is 2.30 bits per heavy atom. The maximum absolute atomic E-state index is 12.3. The monoisotopic (exact) mass is 318 g/mol. The molecule has 0 spiro atoms. The topological polar surface area (TPSA) is 49.9 Å². The fourth-order valence-corrected chi connectivity index (χ4v) is 2.71. The first-order chi connectivity index (χ1) is 11.1. The highest BCUT2D eigenvalue weighted by Crippen LogP contribution is 2.13. The van der Waals surface area contributed by atoms with Gasteiger partial charge in [0.1, 0.15) is 5.75 Å². The number of carbonyl (C=O) groups is 2. The van der Waals surface area contributed by atoms with Crippen molar-refractivity contribution in [1.29, 1.82) is 0 Å². The number of nitrogens with zero attached hydrogens (tertiary/aromatic N) is 2. The van der Waals surface area contributed by atoms with Crippen LogP contribution in [0.3, 0.4) is 0 Å². The van der Waals surface area contributed by atoms with Gasteiger partial charge in [0, 0.05) is 38.2 Å².